The van der Waals surface area contributed by atoms with Crippen molar-refractivity contribution in [2.45, 2.75) is 19.4 Å². The first kappa shape index (κ1) is 19.2. The molecule has 0 aliphatic rings. The average molecular weight is 406 g/mol. The van der Waals surface area contributed by atoms with Crippen LogP contribution in [0.2, 0.25) is 10.0 Å². The number of rotatable bonds is 7. The maximum Gasteiger partial charge on any atom is 0.246 e. The molecule has 27 heavy (non-hydrogen) atoms. The number of carbonyl (C=O) groups excluding carboxylic acids is 1. The van der Waals surface area contributed by atoms with Crippen molar-refractivity contribution in [3.63, 3.8) is 0 Å². The summed E-state index contributed by atoms with van der Waals surface area (Å²) in [6.45, 7) is 0.163. The lowest BCUT2D eigenvalue weighted by Crippen LogP contribution is -2.23. The lowest BCUT2D eigenvalue weighted by molar-refractivity contribution is -0.121. The zero-order valence-corrected chi connectivity index (χ0v) is 16.0. The first-order valence-corrected chi connectivity index (χ1v) is 8.98. The standard InChI is InChI=1S/C19H17Cl2N3O3/c1-26-15-7-3-13(4-8-15)19-23-18(27-24-19)11-22-17(25)9-5-12-2-6-14(20)10-16(12)21/h2-4,6-8,10H,5,9,11H2,1H3,(H,22,25). The molecule has 0 aliphatic carbocycles. The van der Waals surface area contributed by atoms with E-state index in [1.807, 2.05) is 30.3 Å². The highest BCUT2D eigenvalue weighted by atomic mass is 35.5. The molecule has 0 saturated heterocycles. The van der Waals surface area contributed by atoms with Crippen LogP contribution < -0.4 is 10.1 Å². The summed E-state index contributed by atoms with van der Waals surface area (Å²) in [5, 5.41) is 7.80. The van der Waals surface area contributed by atoms with Gasteiger partial charge in [-0.05, 0) is 48.4 Å². The molecule has 1 aromatic heterocycles. The number of benzene rings is 2. The minimum atomic E-state index is -0.134. The summed E-state index contributed by atoms with van der Waals surface area (Å²) in [5.41, 5.74) is 1.67. The second-order valence-electron chi connectivity index (χ2n) is 5.75. The fraction of sp³-hybridized carbons (Fsp3) is 0.211. The molecule has 3 aromatic rings. The molecule has 0 bridgehead atoms. The van der Waals surface area contributed by atoms with Crippen molar-refractivity contribution in [2.24, 2.45) is 0 Å². The lowest BCUT2D eigenvalue weighted by atomic mass is 10.1. The second-order valence-corrected chi connectivity index (χ2v) is 6.60. The molecule has 6 nitrogen and oxygen atoms in total. The van der Waals surface area contributed by atoms with Gasteiger partial charge in [-0.2, -0.15) is 4.98 Å². The van der Waals surface area contributed by atoms with E-state index in [1.165, 1.54) is 0 Å². The van der Waals surface area contributed by atoms with Crippen LogP contribution in [-0.2, 0) is 17.8 Å². The topological polar surface area (TPSA) is 77.3 Å². The van der Waals surface area contributed by atoms with Gasteiger partial charge in [-0.3, -0.25) is 4.79 Å². The van der Waals surface area contributed by atoms with Gasteiger partial charge in [0.05, 0.1) is 13.7 Å². The van der Waals surface area contributed by atoms with Gasteiger partial charge in [0.25, 0.3) is 0 Å². The number of amides is 1. The van der Waals surface area contributed by atoms with Crippen molar-refractivity contribution in [1.82, 2.24) is 15.5 Å². The Morgan fingerprint density at radius 3 is 2.67 bits per heavy atom. The molecule has 0 radical (unpaired) electrons. The van der Waals surface area contributed by atoms with Gasteiger partial charge in [0.15, 0.2) is 0 Å². The summed E-state index contributed by atoms with van der Waals surface area (Å²) in [7, 11) is 1.60. The summed E-state index contributed by atoms with van der Waals surface area (Å²) in [6.07, 6.45) is 0.809. The number of hydrogen-bond donors (Lipinski definition) is 1. The Bertz CT molecular complexity index is 926. The molecule has 0 aliphatic heterocycles. The van der Waals surface area contributed by atoms with Gasteiger partial charge in [0.2, 0.25) is 17.6 Å². The van der Waals surface area contributed by atoms with E-state index in [4.69, 9.17) is 32.5 Å². The second kappa shape index (κ2) is 8.88. The minimum absolute atomic E-state index is 0.134. The number of nitrogens with zero attached hydrogens (tertiary/aromatic N) is 2. The molecule has 0 fully saturated rings. The van der Waals surface area contributed by atoms with E-state index >= 15 is 0 Å². The van der Waals surface area contributed by atoms with Crippen LogP contribution in [0.1, 0.15) is 17.9 Å². The fourth-order valence-corrected chi connectivity index (χ4v) is 2.92. The number of hydrogen-bond acceptors (Lipinski definition) is 5. The van der Waals surface area contributed by atoms with Gasteiger partial charge in [0, 0.05) is 22.0 Å². The van der Waals surface area contributed by atoms with Crippen molar-refractivity contribution in [2.75, 3.05) is 7.11 Å². The van der Waals surface area contributed by atoms with Gasteiger partial charge < -0.3 is 14.6 Å². The molecule has 0 saturated carbocycles. The van der Waals surface area contributed by atoms with E-state index in [-0.39, 0.29) is 12.5 Å². The van der Waals surface area contributed by atoms with Gasteiger partial charge >= 0.3 is 0 Å². The van der Waals surface area contributed by atoms with E-state index in [1.54, 1.807) is 19.2 Å². The lowest BCUT2D eigenvalue weighted by Gasteiger charge is -2.05. The molecular weight excluding hydrogens is 389 g/mol. The van der Waals surface area contributed by atoms with Crippen LogP contribution in [0.4, 0.5) is 0 Å². The van der Waals surface area contributed by atoms with Crippen LogP contribution >= 0.6 is 23.2 Å². The number of aryl methyl sites for hydroxylation is 1. The van der Waals surface area contributed by atoms with Crippen molar-refractivity contribution >= 4 is 29.1 Å². The number of methoxy groups -OCH3 is 1. The Morgan fingerprint density at radius 1 is 1.19 bits per heavy atom. The third-order valence-corrected chi connectivity index (χ3v) is 4.48. The Balaban J connectivity index is 1.51. The zero-order chi connectivity index (χ0) is 19.2. The normalized spacial score (nSPS) is 10.6. The summed E-state index contributed by atoms with van der Waals surface area (Å²) in [6, 6.07) is 12.5. The van der Waals surface area contributed by atoms with Gasteiger partial charge in [-0.1, -0.05) is 34.4 Å². The van der Waals surface area contributed by atoms with E-state index in [2.05, 4.69) is 15.5 Å². The van der Waals surface area contributed by atoms with Crippen LogP contribution in [0.3, 0.4) is 0 Å². The maximum absolute atomic E-state index is 12.0. The summed E-state index contributed by atoms with van der Waals surface area (Å²) in [5.74, 6) is 1.40. The van der Waals surface area contributed by atoms with E-state index in [0.717, 1.165) is 16.9 Å². The molecule has 0 spiro atoms. The third-order valence-electron chi connectivity index (χ3n) is 3.89. The highest BCUT2D eigenvalue weighted by Gasteiger charge is 2.11. The van der Waals surface area contributed by atoms with Crippen LogP contribution in [0.5, 0.6) is 5.75 Å². The average Bonchev–Trinajstić information content (AvgIpc) is 3.15. The smallest absolute Gasteiger partial charge is 0.246 e. The summed E-state index contributed by atoms with van der Waals surface area (Å²) >= 11 is 12.0. The number of halogens is 2. The number of nitrogens with one attached hydrogen (secondary N) is 1. The molecule has 1 N–H and O–H groups in total. The quantitative estimate of drug-likeness (QED) is 0.633. The largest absolute Gasteiger partial charge is 0.497 e. The SMILES string of the molecule is COc1ccc(-c2noc(CNC(=O)CCc3ccc(Cl)cc3Cl)n2)cc1. The first-order chi connectivity index (χ1) is 13.0. The Labute approximate surface area is 166 Å². The fourth-order valence-electron chi connectivity index (χ4n) is 2.42. The van der Waals surface area contributed by atoms with E-state index < -0.39 is 0 Å². The van der Waals surface area contributed by atoms with Gasteiger partial charge in [-0.25, -0.2) is 0 Å². The highest BCUT2D eigenvalue weighted by molar-refractivity contribution is 6.35. The number of ether oxygens (including phenoxy) is 1. The van der Waals surface area contributed by atoms with Crippen molar-refractivity contribution < 1.29 is 14.1 Å². The van der Waals surface area contributed by atoms with E-state index in [9.17, 15) is 4.79 Å². The van der Waals surface area contributed by atoms with Crippen LogP contribution in [-0.4, -0.2) is 23.2 Å². The van der Waals surface area contributed by atoms with Gasteiger partial charge in [0.1, 0.15) is 5.75 Å². The monoisotopic (exact) mass is 405 g/mol. The first-order valence-electron chi connectivity index (χ1n) is 8.23. The van der Waals surface area contributed by atoms with Crippen molar-refractivity contribution in [1.29, 1.82) is 0 Å². The zero-order valence-electron chi connectivity index (χ0n) is 14.5. The number of carbonyl (C=O) groups is 1. The molecular formula is C19H17Cl2N3O3. The van der Waals surface area contributed by atoms with Crippen LogP contribution in [0.15, 0.2) is 47.0 Å². The van der Waals surface area contributed by atoms with E-state index in [0.29, 0.717) is 34.6 Å². The van der Waals surface area contributed by atoms with Crippen LogP contribution in [0, 0.1) is 0 Å². The summed E-state index contributed by atoms with van der Waals surface area (Å²) < 4.78 is 10.3. The number of aromatic nitrogens is 2. The molecule has 8 heteroatoms. The Morgan fingerprint density at radius 2 is 1.96 bits per heavy atom. The Kier molecular flexibility index (Phi) is 6.32. The molecule has 0 atom stereocenters. The predicted octanol–water partition coefficient (Wildman–Crippen LogP) is 4.30. The van der Waals surface area contributed by atoms with Gasteiger partial charge in [-0.15, -0.1) is 0 Å². The van der Waals surface area contributed by atoms with Crippen molar-refractivity contribution in [3.05, 3.63) is 64.0 Å². The third kappa shape index (κ3) is 5.21. The van der Waals surface area contributed by atoms with Crippen LogP contribution in [0.25, 0.3) is 11.4 Å². The Hall–Kier alpha value is -2.57. The highest BCUT2D eigenvalue weighted by Crippen LogP contribution is 2.22. The minimum Gasteiger partial charge on any atom is -0.497 e. The predicted molar refractivity (Wildman–Crippen MR) is 103 cm³/mol. The molecule has 1 heterocycles. The van der Waals surface area contributed by atoms with Crippen molar-refractivity contribution in [3.8, 4) is 17.1 Å². The molecule has 0 unspecified atom stereocenters. The summed E-state index contributed by atoms with van der Waals surface area (Å²) in [4.78, 5) is 16.3. The molecule has 1 amide bonds. The maximum atomic E-state index is 12.0. The molecule has 3 rings (SSSR count). The molecule has 2 aromatic carbocycles. The molecule has 140 valence electrons.